The van der Waals surface area contributed by atoms with Crippen molar-refractivity contribution in [2.75, 3.05) is 42.7 Å². The number of alkyl halides is 3. The Balaban J connectivity index is 1.33. The van der Waals surface area contributed by atoms with Crippen LogP contribution in [0.1, 0.15) is 46.5 Å². The van der Waals surface area contributed by atoms with Crippen molar-refractivity contribution in [3.8, 4) is 10.6 Å². The maximum Gasteiger partial charge on any atom is 0.420 e. The zero-order valence-electron chi connectivity index (χ0n) is 21.8. The van der Waals surface area contributed by atoms with Crippen molar-refractivity contribution in [2.45, 2.75) is 48.8 Å². The Labute approximate surface area is 237 Å². The Morgan fingerprint density at radius 2 is 2.05 bits per heavy atom. The third-order valence-electron chi connectivity index (χ3n) is 7.08. The number of thiophene rings is 1. The first-order valence-electron chi connectivity index (χ1n) is 13.2. The molecule has 4 N–H and O–H groups in total. The number of halogens is 3. The third kappa shape index (κ3) is 5.65. The first-order chi connectivity index (χ1) is 19.2. The number of nitrogens with zero attached hydrogens (tertiary/aromatic N) is 3. The Hall–Kier alpha value is -2.87. The van der Waals surface area contributed by atoms with Crippen LogP contribution in [0.15, 0.2) is 35.4 Å². The van der Waals surface area contributed by atoms with Crippen LogP contribution in [0, 0.1) is 0 Å². The molecule has 212 valence electrons. The summed E-state index contributed by atoms with van der Waals surface area (Å²) >= 11 is 2.53. The van der Waals surface area contributed by atoms with Gasteiger partial charge in [0.05, 0.1) is 29.8 Å². The molecule has 1 amide bonds. The van der Waals surface area contributed by atoms with E-state index in [1.54, 1.807) is 11.0 Å². The van der Waals surface area contributed by atoms with Gasteiger partial charge in [-0.1, -0.05) is 0 Å². The number of hydrogen-bond acceptors (Lipinski definition) is 9. The maximum absolute atomic E-state index is 14.1. The Morgan fingerprint density at radius 3 is 2.73 bits per heavy atom. The highest BCUT2D eigenvalue weighted by Crippen LogP contribution is 2.46. The standard InChI is InChI=1S/C27H29F3N6O2S2/c1-14(31)10-32-16-4-5-20(18(8-16)15-2-3-15)34-26-33-11-19(27(28,29)30)23(35-26)21-9-22-24(40-21)25(37)36(6-7-39-22)17-12-38-13-17/h4-5,8-9,11,14-15,17,32H,2-3,6-7,10,12-13,31H2,1H3,(H,33,34,35). The first kappa shape index (κ1) is 27.3. The number of benzene rings is 1. The zero-order chi connectivity index (χ0) is 28.0. The van der Waals surface area contributed by atoms with Gasteiger partial charge < -0.3 is 26.0 Å². The smallest absolute Gasteiger partial charge is 0.383 e. The van der Waals surface area contributed by atoms with Crippen LogP contribution < -0.4 is 16.4 Å². The molecular weight excluding hydrogens is 561 g/mol. The van der Waals surface area contributed by atoms with Crippen LogP contribution >= 0.6 is 23.1 Å². The molecule has 2 aliphatic heterocycles. The van der Waals surface area contributed by atoms with Gasteiger partial charge in [-0.05, 0) is 55.5 Å². The number of thioether (sulfide) groups is 1. The SMILES string of the molecule is CC(N)CNc1ccc(Nc2ncc(C(F)(F)F)c(-c3cc4c(s3)C(=O)N(C3COC3)CCS4)n2)c(C2CC2)c1. The van der Waals surface area contributed by atoms with Crippen molar-refractivity contribution in [1.82, 2.24) is 14.9 Å². The second-order valence-corrected chi connectivity index (χ2v) is 12.5. The van der Waals surface area contributed by atoms with Gasteiger partial charge in [0.2, 0.25) is 5.95 Å². The summed E-state index contributed by atoms with van der Waals surface area (Å²) in [7, 11) is 0. The predicted molar refractivity (Wildman–Crippen MR) is 151 cm³/mol. The van der Waals surface area contributed by atoms with Gasteiger partial charge >= 0.3 is 6.18 Å². The summed E-state index contributed by atoms with van der Waals surface area (Å²) in [5.74, 6) is 0.926. The minimum atomic E-state index is -4.66. The quantitative estimate of drug-likeness (QED) is 0.314. The van der Waals surface area contributed by atoms with Crippen LogP contribution in [-0.4, -0.2) is 64.9 Å². The molecule has 1 atom stereocenters. The number of rotatable bonds is 8. The van der Waals surface area contributed by atoms with E-state index in [0.717, 1.165) is 47.3 Å². The van der Waals surface area contributed by atoms with Crippen molar-refractivity contribution in [2.24, 2.45) is 5.73 Å². The van der Waals surface area contributed by atoms with E-state index in [1.165, 1.54) is 11.8 Å². The molecule has 1 aromatic carbocycles. The van der Waals surface area contributed by atoms with Gasteiger partial charge in [-0.15, -0.1) is 23.1 Å². The van der Waals surface area contributed by atoms with Gasteiger partial charge in [-0.3, -0.25) is 4.79 Å². The fourth-order valence-electron chi connectivity index (χ4n) is 4.74. The van der Waals surface area contributed by atoms with E-state index in [-0.39, 0.29) is 34.5 Å². The van der Waals surface area contributed by atoms with Gasteiger partial charge in [0.15, 0.2) is 0 Å². The zero-order valence-corrected chi connectivity index (χ0v) is 23.4. The number of amides is 1. The van der Waals surface area contributed by atoms with Gasteiger partial charge in [-0.2, -0.15) is 13.2 Å². The summed E-state index contributed by atoms with van der Waals surface area (Å²) < 4.78 is 47.5. The molecule has 0 radical (unpaired) electrons. The van der Waals surface area contributed by atoms with E-state index >= 15 is 0 Å². The van der Waals surface area contributed by atoms with Crippen molar-refractivity contribution in [3.05, 3.63) is 46.5 Å². The molecular formula is C27H29F3N6O2S2. The van der Waals surface area contributed by atoms with Crippen molar-refractivity contribution in [1.29, 1.82) is 0 Å². The average Bonchev–Trinajstić information content (AvgIpc) is 3.66. The fraction of sp³-hybridized carbons (Fsp3) is 0.444. The monoisotopic (exact) mass is 590 g/mol. The number of anilines is 3. The molecule has 13 heteroatoms. The highest BCUT2D eigenvalue weighted by atomic mass is 32.2. The molecule has 2 aromatic heterocycles. The summed E-state index contributed by atoms with van der Waals surface area (Å²) in [5, 5.41) is 6.48. The van der Waals surface area contributed by atoms with Crippen LogP contribution in [0.3, 0.4) is 0 Å². The largest absolute Gasteiger partial charge is 0.420 e. The van der Waals surface area contributed by atoms with E-state index in [4.69, 9.17) is 10.5 Å². The van der Waals surface area contributed by atoms with Crippen LogP contribution in [0.2, 0.25) is 0 Å². The number of fused-ring (bicyclic) bond motifs is 1. The van der Waals surface area contributed by atoms with Gasteiger partial charge in [0.25, 0.3) is 5.91 Å². The lowest BCUT2D eigenvalue weighted by Gasteiger charge is -2.36. The Morgan fingerprint density at radius 1 is 1.25 bits per heavy atom. The Kier molecular flexibility index (Phi) is 7.40. The number of hydrogen-bond donors (Lipinski definition) is 3. The molecule has 1 aliphatic carbocycles. The second-order valence-electron chi connectivity index (χ2n) is 10.4. The lowest BCUT2D eigenvalue weighted by Crippen LogP contribution is -2.52. The van der Waals surface area contributed by atoms with E-state index in [9.17, 15) is 18.0 Å². The van der Waals surface area contributed by atoms with Gasteiger partial charge in [-0.25, -0.2) is 9.97 Å². The fourth-order valence-corrected chi connectivity index (χ4v) is 7.06. The van der Waals surface area contributed by atoms with E-state index in [1.807, 2.05) is 25.1 Å². The second kappa shape index (κ2) is 10.8. The summed E-state index contributed by atoms with van der Waals surface area (Å²) in [4.78, 5) is 24.9. The molecule has 2 fully saturated rings. The average molecular weight is 591 g/mol. The molecule has 6 rings (SSSR count). The number of carbonyl (C=O) groups excluding carboxylic acids is 1. The number of nitrogens with two attached hydrogens (primary N) is 1. The van der Waals surface area contributed by atoms with Crippen LogP contribution in [0.4, 0.5) is 30.5 Å². The van der Waals surface area contributed by atoms with Gasteiger partial charge in [0, 0.05) is 47.4 Å². The van der Waals surface area contributed by atoms with Crippen LogP contribution in [0.5, 0.6) is 0 Å². The third-order valence-corrected chi connectivity index (χ3v) is 9.35. The van der Waals surface area contributed by atoms with E-state index in [2.05, 4.69) is 20.6 Å². The highest BCUT2D eigenvalue weighted by Gasteiger charge is 2.38. The number of nitrogens with one attached hydrogen (secondary N) is 2. The number of ether oxygens (including phenoxy) is 1. The number of carbonyl (C=O) groups is 1. The Bertz CT molecular complexity index is 1420. The summed E-state index contributed by atoms with van der Waals surface area (Å²) in [6, 6.07) is 7.49. The molecule has 0 spiro atoms. The van der Waals surface area contributed by atoms with E-state index in [0.29, 0.717) is 47.7 Å². The van der Waals surface area contributed by atoms with Crippen LogP contribution in [0.25, 0.3) is 10.6 Å². The molecule has 0 bridgehead atoms. The topological polar surface area (TPSA) is 105 Å². The highest BCUT2D eigenvalue weighted by molar-refractivity contribution is 7.99. The van der Waals surface area contributed by atoms with Crippen molar-refractivity contribution in [3.63, 3.8) is 0 Å². The molecule has 1 saturated carbocycles. The molecule has 1 saturated heterocycles. The lowest BCUT2D eigenvalue weighted by molar-refractivity contribution is -0.137. The minimum Gasteiger partial charge on any atom is -0.383 e. The molecule has 40 heavy (non-hydrogen) atoms. The molecule has 3 aromatic rings. The predicted octanol–water partition coefficient (Wildman–Crippen LogP) is 5.55. The van der Waals surface area contributed by atoms with Gasteiger partial charge in [0.1, 0.15) is 10.4 Å². The van der Waals surface area contributed by atoms with Crippen molar-refractivity contribution < 1.29 is 22.7 Å². The molecule has 4 heterocycles. The first-order valence-corrected chi connectivity index (χ1v) is 15.0. The minimum absolute atomic E-state index is 0.00238. The summed E-state index contributed by atoms with van der Waals surface area (Å²) in [5.41, 5.74) is 7.44. The summed E-state index contributed by atoms with van der Waals surface area (Å²) in [6.07, 6.45) is -1.76. The molecule has 3 aliphatic rings. The molecule has 1 unspecified atom stereocenters. The number of aromatic nitrogens is 2. The summed E-state index contributed by atoms with van der Waals surface area (Å²) in [6.45, 7) is 4.08. The van der Waals surface area contributed by atoms with E-state index < -0.39 is 11.7 Å². The lowest BCUT2D eigenvalue weighted by atomic mass is 10.1. The normalized spacial score (nSPS) is 18.6. The molecule has 8 nitrogen and oxygen atoms in total. The van der Waals surface area contributed by atoms with Crippen molar-refractivity contribution >= 4 is 46.3 Å². The van der Waals surface area contributed by atoms with Crippen LogP contribution in [-0.2, 0) is 10.9 Å². The maximum atomic E-state index is 14.1.